The number of rotatable bonds is 5. The third-order valence-corrected chi connectivity index (χ3v) is 4.59. The molecular formula is C16H21N5O. The molecule has 2 aromatic rings. The molecule has 116 valence electrons. The van der Waals surface area contributed by atoms with Crippen LogP contribution in [0, 0.1) is 0 Å². The van der Waals surface area contributed by atoms with E-state index in [1.807, 2.05) is 18.3 Å². The fourth-order valence-corrected chi connectivity index (χ4v) is 3.36. The molecule has 1 saturated heterocycles. The van der Waals surface area contributed by atoms with Gasteiger partial charge in [0.05, 0.1) is 12.7 Å². The zero-order valence-electron chi connectivity index (χ0n) is 12.6. The average Bonchev–Trinajstić information content (AvgIpc) is 3.26. The van der Waals surface area contributed by atoms with Gasteiger partial charge in [0.15, 0.2) is 5.76 Å². The van der Waals surface area contributed by atoms with Gasteiger partial charge in [-0.05, 0) is 31.7 Å². The van der Waals surface area contributed by atoms with E-state index in [-0.39, 0.29) is 0 Å². The summed E-state index contributed by atoms with van der Waals surface area (Å²) in [4.78, 5) is 13.5. The van der Waals surface area contributed by atoms with Gasteiger partial charge in [-0.25, -0.2) is 9.97 Å². The van der Waals surface area contributed by atoms with Crippen LogP contribution in [0.2, 0.25) is 0 Å². The van der Waals surface area contributed by atoms with E-state index in [4.69, 9.17) is 4.52 Å². The third kappa shape index (κ3) is 2.97. The summed E-state index contributed by atoms with van der Waals surface area (Å²) >= 11 is 0. The lowest BCUT2D eigenvalue weighted by Crippen LogP contribution is -2.46. The topological polar surface area (TPSA) is 58.3 Å². The Morgan fingerprint density at radius 2 is 1.91 bits per heavy atom. The molecule has 1 aliphatic heterocycles. The Balaban J connectivity index is 1.39. The third-order valence-electron chi connectivity index (χ3n) is 4.59. The van der Waals surface area contributed by atoms with Gasteiger partial charge in [0, 0.05) is 37.4 Å². The van der Waals surface area contributed by atoms with Crippen molar-refractivity contribution in [1.29, 1.82) is 0 Å². The molecule has 0 spiro atoms. The standard InChI is InChI=1S/C16H21N5O/c1-2-13(1)21(16-4-7-17-12-18-16)14-5-9-20(10-6-14)11-15-3-8-19-22-15/h3-4,7-8,12-14H,1-2,5-6,9-11H2. The van der Waals surface area contributed by atoms with Crippen molar-refractivity contribution in [2.24, 2.45) is 0 Å². The molecule has 2 fully saturated rings. The number of hydrogen-bond donors (Lipinski definition) is 0. The van der Waals surface area contributed by atoms with Crippen LogP contribution in [0.5, 0.6) is 0 Å². The van der Waals surface area contributed by atoms with Crippen LogP contribution in [0.3, 0.4) is 0 Å². The molecule has 6 nitrogen and oxygen atoms in total. The summed E-state index contributed by atoms with van der Waals surface area (Å²) in [7, 11) is 0. The summed E-state index contributed by atoms with van der Waals surface area (Å²) < 4.78 is 5.21. The van der Waals surface area contributed by atoms with Crippen LogP contribution in [0.4, 0.5) is 5.82 Å². The Bertz CT molecular complexity index is 576. The van der Waals surface area contributed by atoms with Gasteiger partial charge < -0.3 is 9.42 Å². The monoisotopic (exact) mass is 299 g/mol. The van der Waals surface area contributed by atoms with Crippen LogP contribution in [-0.2, 0) is 6.54 Å². The largest absolute Gasteiger partial charge is 0.360 e. The van der Waals surface area contributed by atoms with Gasteiger partial charge in [-0.3, -0.25) is 4.90 Å². The van der Waals surface area contributed by atoms with Gasteiger partial charge in [-0.1, -0.05) is 5.16 Å². The second kappa shape index (κ2) is 6.04. The Kier molecular flexibility index (Phi) is 3.76. The molecular weight excluding hydrogens is 278 g/mol. The summed E-state index contributed by atoms with van der Waals surface area (Å²) in [6, 6.07) is 5.26. The Hall–Kier alpha value is -1.95. The smallest absolute Gasteiger partial charge is 0.150 e. The minimum Gasteiger partial charge on any atom is -0.360 e. The maximum absolute atomic E-state index is 5.21. The lowest BCUT2D eigenvalue weighted by molar-refractivity contribution is 0.181. The maximum Gasteiger partial charge on any atom is 0.150 e. The SMILES string of the molecule is c1cc(N(C2CC2)C2CCN(Cc3ccno3)CC2)ncn1. The van der Waals surface area contributed by atoms with E-state index in [1.165, 1.54) is 25.7 Å². The number of aromatic nitrogens is 3. The van der Waals surface area contributed by atoms with Crippen LogP contribution < -0.4 is 4.90 Å². The number of likely N-dealkylation sites (tertiary alicyclic amines) is 1. The van der Waals surface area contributed by atoms with Crippen molar-refractivity contribution in [1.82, 2.24) is 20.0 Å². The van der Waals surface area contributed by atoms with Gasteiger partial charge in [0.2, 0.25) is 0 Å². The summed E-state index contributed by atoms with van der Waals surface area (Å²) in [5, 5.41) is 3.78. The lowest BCUT2D eigenvalue weighted by atomic mass is 10.0. The van der Waals surface area contributed by atoms with Crippen molar-refractivity contribution in [3.05, 3.63) is 36.6 Å². The van der Waals surface area contributed by atoms with Crippen LogP contribution >= 0.6 is 0 Å². The van der Waals surface area contributed by atoms with Gasteiger partial charge in [0.25, 0.3) is 0 Å². The summed E-state index contributed by atoms with van der Waals surface area (Å²) in [5.41, 5.74) is 0. The first-order valence-corrected chi connectivity index (χ1v) is 8.06. The molecule has 0 unspecified atom stereocenters. The van der Waals surface area contributed by atoms with E-state index in [0.717, 1.165) is 31.2 Å². The molecule has 0 amide bonds. The van der Waals surface area contributed by atoms with Crippen molar-refractivity contribution in [3.63, 3.8) is 0 Å². The highest BCUT2D eigenvalue weighted by Gasteiger charge is 2.36. The van der Waals surface area contributed by atoms with E-state index >= 15 is 0 Å². The molecule has 1 aliphatic carbocycles. The van der Waals surface area contributed by atoms with Crippen LogP contribution in [0.15, 0.2) is 35.4 Å². The van der Waals surface area contributed by atoms with Crippen molar-refractivity contribution in [3.8, 4) is 0 Å². The van der Waals surface area contributed by atoms with Gasteiger partial charge >= 0.3 is 0 Å². The predicted octanol–water partition coefficient (Wildman–Crippen LogP) is 2.10. The van der Waals surface area contributed by atoms with Gasteiger partial charge in [0.1, 0.15) is 12.1 Å². The Morgan fingerprint density at radius 3 is 2.55 bits per heavy atom. The molecule has 2 aliphatic rings. The first-order valence-electron chi connectivity index (χ1n) is 8.06. The minimum atomic E-state index is 0.591. The highest BCUT2D eigenvalue weighted by molar-refractivity contribution is 5.41. The van der Waals surface area contributed by atoms with Crippen molar-refractivity contribution < 1.29 is 4.52 Å². The predicted molar refractivity (Wildman–Crippen MR) is 82.3 cm³/mol. The maximum atomic E-state index is 5.21. The highest BCUT2D eigenvalue weighted by atomic mass is 16.5. The molecule has 3 heterocycles. The number of nitrogens with zero attached hydrogens (tertiary/aromatic N) is 5. The van der Waals surface area contributed by atoms with E-state index in [0.29, 0.717) is 12.1 Å². The van der Waals surface area contributed by atoms with Crippen LogP contribution in [-0.4, -0.2) is 45.2 Å². The number of anilines is 1. The molecule has 0 atom stereocenters. The fourth-order valence-electron chi connectivity index (χ4n) is 3.36. The zero-order chi connectivity index (χ0) is 14.8. The second-order valence-electron chi connectivity index (χ2n) is 6.19. The lowest BCUT2D eigenvalue weighted by Gasteiger charge is -2.39. The summed E-state index contributed by atoms with van der Waals surface area (Å²) in [6.07, 6.45) is 10.2. The molecule has 0 aromatic carbocycles. The molecule has 0 radical (unpaired) electrons. The quantitative estimate of drug-likeness (QED) is 0.842. The molecule has 6 heteroatoms. The van der Waals surface area contributed by atoms with E-state index < -0.39 is 0 Å². The van der Waals surface area contributed by atoms with Crippen LogP contribution in [0.25, 0.3) is 0 Å². The first kappa shape index (κ1) is 13.7. The van der Waals surface area contributed by atoms with Crippen LogP contribution in [0.1, 0.15) is 31.4 Å². The average molecular weight is 299 g/mol. The van der Waals surface area contributed by atoms with Crippen molar-refractivity contribution in [2.75, 3.05) is 18.0 Å². The molecule has 0 bridgehead atoms. The first-order chi connectivity index (χ1) is 10.9. The number of piperidine rings is 1. The van der Waals surface area contributed by atoms with Gasteiger partial charge in [-0.2, -0.15) is 0 Å². The van der Waals surface area contributed by atoms with Crippen molar-refractivity contribution >= 4 is 5.82 Å². The fraction of sp³-hybridized carbons (Fsp3) is 0.562. The summed E-state index contributed by atoms with van der Waals surface area (Å²) in [5.74, 6) is 2.04. The highest BCUT2D eigenvalue weighted by Crippen LogP contribution is 2.35. The van der Waals surface area contributed by atoms with E-state index in [2.05, 4.69) is 24.9 Å². The van der Waals surface area contributed by atoms with Crippen molar-refractivity contribution in [2.45, 2.75) is 44.3 Å². The molecule has 0 N–H and O–H groups in total. The van der Waals surface area contributed by atoms with Gasteiger partial charge in [-0.15, -0.1) is 0 Å². The molecule has 4 rings (SSSR count). The zero-order valence-corrected chi connectivity index (χ0v) is 12.6. The Morgan fingerprint density at radius 1 is 1.09 bits per heavy atom. The number of hydrogen-bond acceptors (Lipinski definition) is 6. The normalized spacial score (nSPS) is 20.2. The molecule has 22 heavy (non-hydrogen) atoms. The molecule has 1 saturated carbocycles. The summed E-state index contributed by atoms with van der Waals surface area (Å²) in [6.45, 7) is 3.06. The molecule has 2 aromatic heterocycles. The van der Waals surface area contributed by atoms with E-state index in [1.54, 1.807) is 12.5 Å². The minimum absolute atomic E-state index is 0.591. The van der Waals surface area contributed by atoms with E-state index in [9.17, 15) is 0 Å². The Labute approximate surface area is 130 Å². The second-order valence-corrected chi connectivity index (χ2v) is 6.19.